The quantitative estimate of drug-likeness (QED) is 0.781. The minimum atomic E-state index is 0.233. The second-order valence-corrected chi connectivity index (χ2v) is 3.43. The summed E-state index contributed by atoms with van der Waals surface area (Å²) in [6.07, 6.45) is 4.17. The highest BCUT2D eigenvalue weighted by Crippen LogP contribution is 2.11. The molecule has 0 fully saturated rings. The summed E-state index contributed by atoms with van der Waals surface area (Å²) in [5.41, 5.74) is 6.50. The van der Waals surface area contributed by atoms with Gasteiger partial charge in [-0.1, -0.05) is 19.4 Å². The van der Waals surface area contributed by atoms with Gasteiger partial charge in [0.15, 0.2) is 0 Å². The van der Waals surface area contributed by atoms with Crippen molar-refractivity contribution in [2.45, 2.75) is 39.3 Å². The highest BCUT2D eigenvalue weighted by atomic mass is 16.5. The second kappa shape index (κ2) is 5.60. The maximum atomic E-state index is 5.60. The minimum Gasteiger partial charge on any atom is -0.475 e. The van der Waals surface area contributed by atoms with Crippen LogP contribution in [-0.4, -0.2) is 11.1 Å². The van der Waals surface area contributed by atoms with Crippen molar-refractivity contribution in [3.63, 3.8) is 0 Å². The van der Waals surface area contributed by atoms with E-state index in [-0.39, 0.29) is 6.10 Å². The Balaban J connectivity index is 2.50. The number of ether oxygens (including phenoxy) is 1. The fourth-order valence-electron chi connectivity index (χ4n) is 1.27. The number of pyridine rings is 1. The Morgan fingerprint density at radius 3 is 2.79 bits per heavy atom. The average molecular weight is 194 g/mol. The Bertz CT molecular complexity index is 258. The molecule has 1 unspecified atom stereocenters. The van der Waals surface area contributed by atoms with Crippen molar-refractivity contribution in [1.82, 2.24) is 4.98 Å². The van der Waals surface area contributed by atoms with Crippen molar-refractivity contribution < 1.29 is 4.74 Å². The molecule has 0 spiro atoms. The van der Waals surface area contributed by atoms with E-state index in [0.717, 1.165) is 18.4 Å². The van der Waals surface area contributed by atoms with Gasteiger partial charge in [-0.2, -0.15) is 0 Å². The lowest BCUT2D eigenvalue weighted by molar-refractivity contribution is 0.201. The van der Waals surface area contributed by atoms with Gasteiger partial charge in [-0.15, -0.1) is 0 Å². The summed E-state index contributed by atoms with van der Waals surface area (Å²) in [6, 6.07) is 3.81. The molecule has 0 saturated heterocycles. The van der Waals surface area contributed by atoms with E-state index in [2.05, 4.69) is 18.8 Å². The third-order valence-electron chi connectivity index (χ3n) is 2.05. The molecule has 1 aromatic heterocycles. The van der Waals surface area contributed by atoms with Crippen LogP contribution in [0.1, 0.15) is 32.3 Å². The molecular formula is C11H18N2O. The smallest absolute Gasteiger partial charge is 0.213 e. The zero-order valence-electron chi connectivity index (χ0n) is 8.86. The molecule has 78 valence electrons. The molecule has 2 N–H and O–H groups in total. The number of hydrogen-bond acceptors (Lipinski definition) is 3. The van der Waals surface area contributed by atoms with Crippen LogP contribution in [0.5, 0.6) is 5.88 Å². The number of nitrogens with zero attached hydrogens (tertiary/aromatic N) is 1. The maximum absolute atomic E-state index is 5.60. The Labute approximate surface area is 85.3 Å². The molecule has 0 amide bonds. The summed E-state index contributed by atoms with van der Waals surface area (Å²) >= 11 is 0. The monoisotopic (exact) mass is 194 g/mol. The standard InChI is InChI=1S/C11H18N2O/c1-3-4-9(2)14-11-6-5-10(7-12)8-13-11/h5-6,8-9H,3-4,7,12H2,1-2H3. The van der Waals surface area contributed by atoms with Gasteiger partial charge in [-0.05, 0) is 18.9 Å². The molecule has 1 atom stereocenters. The third-order valence-corrected chi connectivity index (χ3v) is 2.05. The van der Waals surface area contributed by atoms with Gasteiger partial charge in [-0.3, -0.25) is 0 Å². The summed E-state index contributed by atoms with van der Waals surface area (Å²) in [5, 5.41) is 0. The lowest BCUT2D eigenvalue weighted by atomic mass is 10.2. The Kier molecular flexibility index (Phi) is 4.40. The molecular weight excluding hydrogens is 176 g/mol. The first-order valence-corrected chi connectivity index (χ1v) is 5.08. The van der Waals surface area contributed by atoms with Gasteiger partial charge >= 0.3 is 0 Å². The summed E-state index contributed by atoms with van der Waals surface area (Å²) in [5.74, 6) is 0.683. The first kappa shape index (κ1) is 11.0. The van der Waals surface area contributed by atoms with Gasteiger partial charge in [0.2, 0.25) is 5.88 Å². The highest BCUT2D eigenvalue weighted by molar-refractivity contribution is 5.17. The number of nitrogens with two attached hydrogens (primary N) is 1. The molecule has 0 aromatic carbocycles. The van der Waals surface area contributed by atoms with Crippen molar-refractivity contribution in [1.29, 1.82) is 0 Å². The lowest BCUT2D eigenvalue weighted by Crippen LogP contribution is -2.12. The van der Waals surface area contributed by atoms with E-state index in [9.17, 15) is 0 Å². The van der Waals surface area contributed by atoms with Crippen LogP contribution in [0.3, 0.4) is 0 Å². The minimum absolute atomic E-state index is 0.233. The first-order chi connectivity index (χ1) is 6.76. The number of aromatic nitrogens is 1. The van der Waals surface area contributed by atoms with Crippen LogP contribution in [-0.2, 0) is 6.54 Å². The predicted octanol–water partition coefficient (Wildman–Crippen LogP) is 2.11. The van der Waals surface area contributed by atoms with E-state index in [1.54, 1.807) is 6.20 Å². The van der Waals surface area contributed by atoms with Crippen LogP contribution in [0.2, 0.25) is 0 Å². The summed E-state index contributed by atoms with van der Waals surface area (Å²) in [7, 11) is 0. The van der Waals surface area contributed by atoms with Crippen LogP contribution < -0.4 is 10.5 Å². The second-order valence-electron chi connectivity index (χ2n) is 3.43. The molecule has 0 radical (unpaired) electrons. The lowest BCUT2D eigenvalue weighted by Gasteiger charge is -2.12. The molecule has 3 heteroatoms. The molecule has 0 saturated carbocycles. The first-order valence-electron chi connectivity index (χ1n) is 5.08. The fraction of sp³-hybridized carbons (Fsp3) is 0.545. The fourth-order valence-corrected chi connectivity index (χ4v) is 1.27. The Hall–Kier alpha value is -1.09. The molecule has 1 heterocycles. The summed E-state index contributed by atoms with van der Waals surface area (Å²) in [4.78, 5) is 4.17. The SMILES string of the molecule is CCCC(C)Oc1ccc(CN)cn1. The van der Waals surface area contributed by atoms with Crippen molar-refractivity contribution in [2.75, 3.05) is 0 Å². The predicted molar refractivity (Wildman–Crippen MR) is 57.1 cm³/mol. The highest BCUT2D eigenvalue weighted by Gasteiger charge is 2.02. The molecule has 0 bridgehead atoms. The van der Waals surface area contributed by atoms with Crippen molar-refractivity contribution in [3.05, 3.63) is 23.9 Å². The Morgan fingerprint density at radius 2 is 2.29 bits per heavy atom. The Morgan fingerprint density at radius 1 is 1.50 bits per heavy atom. The summed E-state index contributed by atoms with van der Waals surface area (Å²) in [6.45, 7) is 4.73. The molecule has 0 aliphatic rings. The van der Waals surface area contributed by atoms with E-state index in [1.807, 2.05) is 12.1 Å². The third kappa shape index (κ3) is 3.34. The van der Waals surface area contributed by atoms with Gasteiger partial charge in [0.25, 0.3) is 0 Å². The number of hydrogen-bond donors (Lipinski definition) is 1. The molecule has 1 rings (SSSR count). The van der Waals surface area contributed by atoms with Gasteiger partial charge in [0.05, 0.1) is 6.10 Å². The largest absolute Gasteiger partial charge is 0.475 e. The molecule has 14 heavy (non-hydrogen) atoms. The van der Waals surface area contributed by atoms with Gasteiger partial charge in [0, 0.05) is 18.8 Å². The van der Waals surface area contributed by atoms with E-state index >= 15 is 0 Å². The van der Waals surface area contributed by atoms with Gasteiger partial charge in [-0.25, -0.2) is 4.98 Å². The van der Waals surface area contributed by atoms with E-state index in [4.69, 9.17) is 10.5 Å². The molecule has 3 nitrogen and oxygen atoms in total. The normalized spacial score (nSPS) is 12.5. The van der Waals surface area contributed by atoms with Gasteiger partial charge < -0.3 is 10.5 Å². The zero-order valence-corrected chi connectivity index (χ0v) is 8.86. The molecule has 1 aromatic rings. The van der Waals surface area contributed by atoms with Crippen LogP contribution in [0.4, 0.5) is 0 Å². The van der Waals surface area contributed by atoms with E-state index in [0.29, 0.717) is 12.4 Å². The summed E-state index contributed by atoms with van der Waals surface area (Å²) < 4.78 is 5.60. The number of rotatable bonds is 5. The van der Waals surface area contributed by atoms with Crippen molar-refractivity contribution >= 4 is 0 Å². The van der Waals surface area contributed by atoms with Crippen molar-refractivity contribution in [2.24, 2.45) is 5.73 Å². The van der Waals surface area contributed by atoms with Crippen LogP contribution >= 0.6 is 0 Å². The zero-order chi connectivity index (χ0) is 10.4. The van der Waals surface area contributed by atoms with E-state index < -0.39 is 0 Å². The van der Waals surface area contributed by atoms with E-state index in [1.165, 1.54) is 0 Å². The topological polar surface area (TPSA) is 48.1 Å². The van der Waals surface area contributed by atoms with Crippen LogP contribution in [0.15, 0.2) is 18.3 Å². The molecule has 0 aliphatic heterocycles. The van der Waals surface area contributed by atoms with Crippen molar-refractivity contribution in [3.8, 4) is 5.88 Å². The maximum Gasteiger partial charge on any atom is 0.213 e. The molecule has 0 aliphatic carbocycles. The van der Waals surface area contributed by atoms with Gasteiger partial charge in [0.1, 0.15) is 0 Å². The van der Waals surface area contributed by atoms with Crippen LogP contribution in [0.25, 0.3) is 0 Å². The average Bonchev–Trinajstić information content (AvgIpc) is 2.19. The van der Waals surface area contributed by atoms with Crippen LogP contribution in [0, 0.1) is 0 Å².